The summed E-state index contributed by atoms with van der Waals surface area (Å²) in [4.78, 5) is 18.6. The van der Waals surface area contributed by atoms with Gasteiger partial charge in [-0.25, -0.2) is 0 Å². The largest absolute Gasteiger partial charge is 0.356 e. The zero-order valence-corrected chi connectivity index (χ0v) is 16.4. The van der Waals surface area contributed by atoms with Crippen LogP contribution in [0.5, 0.6) is 0 Å². The molecular weight excluding hydrogens is 379 g/mol. The standard InChI is InChI=1S/C15H30N4O.HI/c1-6-17-13(20)15(3,4)11-18-14(16-5)19-9-7-12(2)8-10-19;/h12H,6-11H2,1-5H3,(H,16,18)(H,17,20);1H. The molecule has 0 atom stereocenters. The second-order valence-corrected chi connectivity index (χ2v) is 6.31. The number of hydrogen-bond acceptors (Lipinski definition) is 2. The molecule has 1 fully saturated rings. The van der Waals surface area contributed by atoms with E-state index in [1.807, 2.05) is 20.8 Å². The van der Waals surface area contributed by atoms with Crippen LogP contribution in [0.4, 0.5) is 0 Å². The fraction of sp³-hybridized carbons (Fsp3) is 0.867. The lowest BCUT2D eigenvalue weighted by Crippen LogP contribution is -2.50. The molecule has 0 aromatic carbocycles. The average molecular weight is 410 g/mol. The highest BCUT2D eigenvalue weighted by Gasteiger charge is 2.28. The second-order valence-electron chi connectivity index (χ2n) is 6.31. The smallest absolute Gasteiger partial charge is 0.227 e. The quantitative estimate of drug-likeness (QED) is 0.424. The summed E-state index contributed by atoms with van der Waals surface area (Å²) >= 11 is 0. The van der Waals surface area contributed by atoms with Crippen molar-refractivity contribution < 1.29 is 4.79 Å². The molecule has 0 radical (unpaired) electrons. The van der Waals surface area contributed by atoms with Gasteiger partial charge in [-0.3, -0.25) is 9.79 Å². The minimum atomic E-state index is -0.435. The maximum absolute atomic E-state index is 12.0. The van der Waals surface area contributed by atoms with Crippen molar-refractivity contribution in [2.75, 3.05) is 33.2 Å². The number of likely N-dealkylation sites (tertiary alicyclic amines) is 1. The van der Waals surface area contributed by atoms with Gasteiger partial charge in [0.1, 0.15) is 0 Å². The van der Waals surface area contributed by atoms with Crippen LogP contribution in [0.15, 0.2) is 4.99 Å². The average Bonchev–Trinajstić information content (AvgIpc) is 2.41. The summed E-state index contributed by atoms with van der Waals surface area (Å²) in [5.74, 6) is 1.79. The lowest BCUT2D eigenvalue weighted by Gasteiger charge is -2.34. The number of guanidine groups is 1. The maximum Gasteiger partial charge on any atom is 0.227 e. The third kappa shape index (κ3) is 6.40. The maximum atomic E-state index is 12.0. The first-order chi connectivity index (χ1) is 9.40. The van der Waals surface area contributed by atoms with Crippen molar-refractivity contribution in [1.29, 1.82) is 0 Å². The summed E-state index contributed by atoms with van der Waals surface area (Å²) in [6.45, 7) is 11.5. The van der Waals surface area contributed by atoms with Crippen LogP contribution in [-0.4, -0.2) is 50.0 Å². The van der Waals surface area contributed by atoms with Gasteiger partial charge in [0, 0.05) is 33.2 Å². The lowest BCUT2D eigenvalue weighted by molar-refractivity contribution is -0.128. The van der Waals surface area contributed by atoms with E-state index in [1.165, 1.54) is 12.8 Å². The molecule has 1 rings (SSSR count). The van der Waals surface area contributed by atoms with Crippen molar-refractivity contribution in [2.24, 2.45) is 16.3 Å². The number of carbonyl (C=O) groups excluding carboxylic acids is 1. The highest BCUT2D eigenvalue weighted by atomic mass is 127. The van der Waals surface area contributed by atoms with Gasteiger partial charge in [-0.1, -0.05) is 6.92 Å². The number of amides is 1. The molecule has 21 heavy (non-hydrogen) atoms. The SMILES string of the molecule is CCNC(=O)C(C)(C)CNC(=NC)N1CCC(C)CC1.I. The number of piperidine rings is 1. The van der Waals surface area contributed by atoms with E-state index >= 15 is 0 Å². The summed E-state index contributed by atoms with van der Waals surface area (Å²) in [6.07, 6.45) is 2.42. The highest BCUT2D eigenvalue weighted by molar-refractivity contribution is 14.0. The molecule has 5 nitrogen and oxygen atoms in total. The van der Waals surface area contributed by atoms with Gasteiger partial charge in [0.2, 0.25) is 5.91 Å². The fourth-order valence-corrected chi connectivity index (χ4v) is 2.33. The predicted molar refractivity (Wildman–Crippen MR) is 99.2 cm³/mol. The number of nitrogens with one attached hydrogen (secondary N) is 2. The fourth-order valence-electron chi connectivity index (χ4n) is 2.33. The van der Waals surface area contributed by atoms with Gasteiger partial charge in [0.05, 0.1) is 5.41 Å². The predicted octanol–water partition coefficient (Wildman–Crippen LogP) is 2.07. The first-order valence-electron chi connectivity index (χ1n) is 7.64. The van der Waals surface area contributed by atoms with Crippen molar-refractivity contribution in [3.63, 3.8) is 0 Å². The third-order valence-electron chi connectivity index (χ3n) is 3.94. The van der Waals surface area contributed by atoms with E-state index in [0.29, 0.717) is 13.1 Å². The Morgan fingerprint density at radius 1 is 1.29 bits per heavy atom. The normalized spacial score (nSPS) is 17.2. The summed E-state index contributed by atoms with van der Waals surface area (Å²) in [5, 5.41) is 6.23. The lowest BCUT2D eigenvalue weighted by atomic mass is 9.92. The Labute approximate surface area is 146 Å². The molecule has 1 aliphatic heterocycles. The molecule has 1 saturated heterocycles. The summed E-state index contributed by atoms with van der Waals surface area (Å²) in [7, 11) is 1.81. The molecule has 124 valence electrons. The van der Waals surface area contributed by atoms with E-state index in [9.17, 15) is 4.79 Å². The zero-order chi connectivity index (χ0) is 15.2. The van der Waals surface area contributed by atoms with Crippen LogP contribution < -0.4 is 10.6 Å². The van der Waals surface area contributed by atoms with Crippen molar-refractivity contribution in [2.45, 2.75) is 40.5 Å². The molecule has 0 aromatic heterocycles. The van der Waals surface area contributed by atoms with Gasteiger partial charge in [0.25, 0.3) is 0 Å². The Kier molecular flexibility index (Phi) is 9.24. The van der Waals surface area contributed by atoms with Crippen LogP contribution in [0.3, 0.4) is 0 Å². The van der Waals surface area contributed by atoms with Crippen molar-refractivity contribution in [1.82, 2.24) is 15.5 Å². The van der Waals surface area contributed by atoms with Crippen LogP contribution in [0, 0.1) is 11.3 Å². The molecule has 0 unspecified atom stereocenters. The van der Waals surface area contributed by atoms with Crippen molar-refractivity contribution in [3.05, 3.63) is 0 Å². The molecule has 0 aliphatic carbocycles. The van der Waals surface area contributed by atoms with Crippen LogP contribution >= 0.6 is 24.0 Å². The molecule has 0 spiro atoms. The van der Waals surface area contributed by atoms with Crippen molar-refractivity contribution >= 4 is 35.8 Å². The molecular formula is C15H31IN4O. The van der Waals surface area contributed by atoms with Gasteiger partial charge in [0.15, 0.2) is 5.96 Å². The molecule has 6 heteroatoms. The first kappa shape index (κ1) is 20.5. The third-order valence-corrected chi connectivity index (χ3v) is 3.94. The van der Waals surface area contributed by atoms with E-state index in [0.717, 1.165) is 25.0 Å². The van der Waals surface area contributed by atoms with Crippen molar-refractivity contribution in [3.8, 4) is 0 Å². The van der Waals surface area contributed by atoms with Gasteiger partial charge in [-0.05, 0) is 39.5 Å². The second kappa shape index (κ2) is 9.48. The summed E-state index contributed by atoms with van der Waals surface area (Å²) in [6, 6.07) is 0. The van der Waals surface area contributed by atoms with Crippen LogP contribution in [0.25, 0.3) is 0 Å². The minimum absolute atomic E-state index is 0. The number of hydrogen-bond donors (Lipinski definition) is 2. The molecule has 0 bridgehead atoms. The van der Waals surface area contributed by atoms with Crippen LogP contribution in [0.2, 0.25) is 0 Å². The zero-order valence-electron chi connectivity index (χ0n) is 14.0. The van der Waals surface area contributed by atoms with E-state index in [2.05, 4.69) is 27.4 Å². The summed E-state index contributed by atoms with van der Waals surface area (Å²) < 4.78 is 0. The molecule has 1 amide bonds. The van der Waals surface area contributed by atoms with Gasteiger partial charge in [-0.15, -0.1) is 24.0 Å². The topological polar surface area (TPSA) is 56.7 Å². The van der Waals surface area contributed by atoms with E-state index in [4.69, 9.17) is 0 Å². The van der Waals surface area contributed by atoms with Crippen LogP contribution in [-0.2, 0) is 4.79 Å². The Balaban J connectivity index is 0.00000400. The minimum Gasteiger partial charge on any atom is -0.356 e. The van der Waals surface area contributed by atoms with Crippen LogP contribution in [0.1, 0.15) is 40.5 Å². The Bertz CT molecular complexity index is 350. The van der Waals surface area contributed by atoms with Gasteiger partial charge in [-0.2, -0.15) is 0 Å². The van der Waals surface area contributed by atoms with Gasteiger partial charge < -0.3 is 15.5 Å². The number of nitrogens with zero attached hydrogens (tertiary/aromatic N) is 2. The van der Waals surface area contributed by atoms with E-state index < -0.39 is 5.41 Å². The molecule has 1 heterocycles. The first-order valence-corrected chi connectivity index (χ1v) is 7.64. The highest BCUT2D eigenvalue weighted by Crippen LogP contribution is 2.17. The molecule has 1 aliphatic rings. The Morgan fingerprint density at radius 2 is 1.86 bits per heavy atom. The Hall–Kier alpha value is -0.530. The number of rotatable bonds is 4. The molecule has 0 aromatic rings. The summed E-state index contributed by atoms with van der Waals surface area (Å²) in [5.41, 5.74) is -0.435. The molecule has 0 saturated carbocycles. The number of aliphatic imine (C=N–C) groups is 1. The Morgan fingerprint density at radius 3 is 2.33 bits per heavy atom. The van der Waals surface area contributed by atoms with Gasteiger partial charge >= 0.3 is 0 Å². The van der Waals surface area contributed by atoms with E-state index in [-0.39, 0.29) is 29.9 Å². The molecule has 2 N–H and O–H groups in total. The van der Waals surface area contributed by atoms with E-state index in [1.54, 1.807) is 7.05 Å². The number of halogens is 1. The monoisotopic (exact) mass is 410 g/mol. The number of carbonyl (C=O) groups is 1.